The maximum absolute atomic E-state index is 14.2. The molecule has 9 heteroatoms. The number of sulfonamides is 1. The first-order valence-electron chi connectivity index (χ1n) is 9.86. The fourth-order valence-corrected chi connectivity index (χ4v) is 5.06. The summed E-state index contributed by atoms with van der Waals surface area (Å²) in [6.07, 6.45) is 3.38. The van der Waals surface area contributed by atoms with Crippen LogP contribution in [0.15, 0.2) is 23.1 Å². The number of rotatable bonds is 7. The Hall–Kier alpha value is -1.55. The van der Waals surface area contributed by atoms with Crippen molar-refractivity contribution in [3.63, 3.8) is 0 Å². The molecular weight excluding hydrogens is 385 g/mol. The van der Waals surface area contributed by atoms with Crippen LogP contribution >= 0.6 is 0 Å². The normalized spacial score (nSPS) is 19.5. The van der Waals surface area contributed by atoms with E-state index in [1.54, 1.807) is 0 Å². The molecular formula is C19H28FN3O4S. The summed E-state index contributed by atoms with van der Waals surface area (Å²) in [6, 6.07) is 3.44. The number of morpholine rings is 1. The van der Waals surface area contributed by atoms with Gasteiger partial charge in [0.05, 0.1) is 23.7 Å². The molecule has 156 valence electrons. The number of piperidine rings is 1. The highest BCUT2D eigenvalue weighted by molar-refractivity contribution is 7.89. The quantitative estimate of drug-likeness (QED) is 0.685. The molecule has 0 atom stereocenters. The molecule has 28 heavy (non-hydrogen) atoms. The van der Waals surface area contributed by atoms with Crippen molar-refractivity contribution in [2.24, 2.45) is 0 Å². The van der Waals surface area contributed by atoms with Crippen LogP contribution in [0, 0.1) is 5.82 Å². The average molecular weight is 414 g/mol. The van der Waals surface area contributed by atoms with E-state index in [0.717, 1.165) is 70.7 Å². The Balaban J connectivity index is 1.59. The highest BCUT2D eigenvalue weighted by atomic mass is 32.2. The lowest BCUT2D eigenvalue weighted by molar-refractivity contribution is 0.0374. The minimum Gasteiger partial charge on any atom is -0.379 e. The smallest absolute Gasteiger partial charge is 0.254 e. The maximum atomic E-state index is 14.2. The van der Waals surface area contributed by atoms with Gasteiger partial charge in [-0.15, -0.1) is 0 Å². The summed E-state index contributed by atoms with van der Waals surface area (Å²) >= 11 is 0. The van der Waals surface area contributed by atoms with Gasteiger partial charge < -0.3 is 10.1 Å². The summed E-state index contributed by atoms with van der Waals surface area (Å²) < 4.78 is 46.4. The summed E-state index contributed by atoms with van der Waals surface area (Å²) in [4.78, 5) is 14.6. The molecule has 2 saturated heterocycles. The lowest BCUT2D eigenvalue weighted by atomic mass is 10.2. The van der Waals surface area contributed by atoms with Crippen molar-refractivity contribution in [2.45, 2.75) is 30.6 Å². The van der Waals surface area contributed by atoms with E-state index in [1.165, 1.54) is 10.4 Å². The second-order valence-corrected chi connectivity index (χ2v) is 9.11. The summed E-state index contributed by atoms with van der Waals surface area (Å²) in [7, 11) is -3.71. The number of hydrogen-bond donors (Lipinski definition) is 1. The SMILES string of the molecule is O=C(NCCCN1CCOCC1)c1cc(S(=O)(=O)N2CCCCC2)ccc1F. The monoisotopic (exact) mass is 413 g/mol. The molecule has 2 aliphatic heterocycles. The third-order valence-electron chi connectivity index (χ3n) is 5.18. The van der Waals surface area contributed by atoms with Crippen molar-refractivity contribution in [3.05, 3.63) is 29.6 Å². The Morgan fingerprint density at radius 2 is 1.82 bits per heavy atom. The fourth-order valence-electron chi connectivity index (χ4n) is 3.52. The molecule has 2 heterocycles. The number of halogens is 1. The lowest BCUT2D eigenvalue weighted by Gasteiger charge is -2.26. The largest absolute Gasteiger partial charge is 0.379 e. The topological polar surface area (TPSA) is 79.0 Å². The Morgan fingerprint density at radius 1 is 1.11 bits per heavy atom. The van der Waals surface area contributed by atoms with Gasteiger partial charge in [0.15, 0.2) is 0 Å². The van der Waals surface area contributed by atoms with Gasteiger partial charge in [0, 0.05) is 32.7 Å². The number of ether oxygens (including phenoxy) is 1. The van der Waals surface area contributed by atoms with Crippen LogP contribution in [0.1, 0.15) is 36.0 Å². The molecule has 3 rings (SSSR count). The molecule has 0 bridgehead atoms. The van der Waals surface area contributed by atoms with Crippen molar-refractivity contribution in [2.75, 3.05) is 52.5 Å². The Labute approximate surface area is 165 Å². The molecule has 7 nitrogen and oxygen atoms in total. The number of carbonyl (C=O) groups excluding carboxylic acids is 1. The zero-order valence-electron chi connectivity index (χ0n) is 16.0. The van der Waals surface area contributed by atoms with E-state index >= 15 is 0 Å². The van der Waals surface area contributed by atoms with Crippen molar-refractivity contribution in [1.82, 2.24) is 14.5 Å². The molecule has 0 unspecified atom stereocenters. The third kappa shape index (κ3) is 5.28. The highest BCUT2D eigenvalue weighted by Gasteiger charge is 2.27. The second kappa shape index (κ2) is 9.78. The highest BCUT2D eigenvalue weighted by Crippen LogP contribution is 2.22. The van der Waals surface area contributed by atoms with E-state index in [0.29, 0.717) is 19.6 Å². The molecule has 0 aliphatic carbocycles. The third-order valence-corrected chi connectivity index (χ3v) is 7.07. The predicted octanol–water partition coefficient (Wildman–Crippen LogP) is 1.45. The maximum Gasteiger partial charge on any atom is 0.254 e. The molecule has 1 aromatic carbocycles. The fraction of sp³-hybridized carbons (Fsp3) is 0.632. The number of benzene rings is 1. The van der Waals surface area contributed by atoms with Crippen molar-refractivity contribution < 1.29 is 22.3 Å². The molecule has 0 spiro atoms. The number of hydrogen-bond acceptors (Lipinski definition) is 5. The summed E-state index contributed by atoms with van der Waals surface area (Å²) in [5.41, 5.74) is -0.232. The van der Waals surface area contributed by atoms with Gasteiger partial charge in [0.25, 0.3) is 5.91 Å². The lowest BCUT2D eigenvalue weighted by Crippen LogP contribution is -2.38. The van der Waals surface area contributed by atoms with Gasteiger partial charge >= 0.3 is 0 Å². The molecule has 1 N–H and O–H groups in total. The van der Waals surface area contributed by atoms with Crippen LogP contribution in [0.2, 0.25) is 0 Å². The average Bonchev–Trinajstić information content (AvgIpc) is 2.72. The molecule has 2 fully saturated rings. The van der Waals surface area contributed by atoms with Gasteiger partial charge in [0.2, 0.25) is 10.0 Å². The zero-order chi connectivity index (χ0) is 20.0. The second-order valence-electron chi connectivity index (χ2n) is 7.17. The van der Waals surface area contributed by atoms with Crippen LogP contribution in [0.5, 0.6) is 0 Å². The standard InChI is InChI=1S/C19H28FN3O4S/c20-18-6-5-16(28(25,26)23-9-2-1-3-10-23)15-17(18)19(24)21-7-4-8-22-11-13-27-14-12-22/h5-6,15H,1-4,7-14H2,(H,21,24). The first-order valence-corrected chi connectivity index (χ1v) is 11.3. The van der Waals surface area contributed by atoms with Gasteiger partial charge in [-0.2, -0.15) is 4.31 Å². The van der Waals surface area contributed by atoms with E-state index in [2.05, 4.69) is 10.2 Å². The summed E-state index contributed by atoms with van der Waals surface area (Å²) in [6.45, 7) is 5.34. The molecule has 0 radical (unpaired) electrons. The molecule has 0 aromatic heterocycles. The molecule has 0 saturated carbocycles. The summed E-state index contributed by atoms with van der Waals surface area (Å²) in [5, 5.41) is 2.69. The number of carbonyl (C=O) groups is 1. The van der Waals surface area contributed by atoms with Gasteiger partial charge in [0.1, 0.15) is 5.82 Å². The minimum absolute atomic E-state index is 0.0331. The van der Waals surface area contributed by atoms with Gasteiger partial charge in [-0.3, -0.25) is 9.69 Å². The number of amides is 1. The Morgan fingerprint density at radius 3 is 2.54 bits per heavy atom. The zero-order valence-corrected chi connectivity index (χ0v) is 16.8. The van der Waals surface area contributed by atoms with Crippen molar-refractivity contribution in [1.29, 1.82) is 0 Å². The van der Waals surface area contributed by atoms with Crippen LogP contribution in [0.4, 0.5) is 4.39 Å². The van der Waals surface area contributed by atoms with Crippen molar-refractivity contribution >= 4 is 15.9 Å². The Bertz CT molecular complexity index is 775. The predicted molar refractivity (Wildman–Crippen MR) is 103 cm³/mol. The Kier molecular flexibility index (Phi) is 7.39. The van der Waals surface area contributed by atoms with E-state index in [9.17, 15) is 17.6 Å². The van der Waals surface area contributed by atoms with Crippen molar-refractivity contribution in [3.8, 4) is 0 Å². The van der Waals surface area contributed by atoms with E-state index < -0.39 is 21.7 Å². The minimum atomic E-state index is -3.71. The van der Waals surface area contributed by atoms with Crippen LogP contribution < -0.4 is 5.32 Å². The molecule has 1 amide bonds. The number of nitrogens with zero attached hydrogens (tertiary/aromatic N) is 2. The number of nitrogens with one attached hydrogen (secondary N) is 1. The first kappa shape index (κ1) is 21.2. The van der Waals surface area contributed by atoms with Crippen LogP contribution in [-0.4, -0.2) is 76.0 Å². The van der Waals surface area contributed by atoms with Gasteiger partial charge in [-0.05, 0) is 44.0 Å². The first-order chi connectivity index (χ1) is 13.5. The van der Waals surface area contributed by atoms with E-state index in [4.69, 9.17) is 4.74 Å². The van der Waals surface area contributed by atoms with Crippen LogP contribution in [0.3, 0.4) is 0 Å². The van der Waals surface area contributed by atoms with Crippen LogP contribution in [0.25, 0.3) is 0 Å². The van der Waals surface area contributed by atoms with Crippen LogP contribution in [-0.2, 0) is 14.8 Å². The van der Waals surface area contributed by atoms with Gasteiger partial charge in [-0.25, -0.2) is 12.8 Å². The van der Waals surface area contributed by atoms with E-state index in [-0.39, 0.29) is 10.5 Å². The van der Waals surface area contributed by atoms with E-state index in [1.807, 2.05) is 0 Å². The summed E-state index contributed by atoms with van der Waals surface area (Å²) in [5.74, 6) is -1.31. The molecule has 1 aromatic rings. The molecule has 2 aliphatic rings. The van der Waals surface area contributed by atoms with Gasteiger partial charge in [-0.1, -0.05) is 6.42 Å².